The highest BCUT2D eigenvalue weighted by Gasteiger charge is 2.33. The molecule has 1 unspecified atom stereocenters. The van der Waals surface area contributed by atoms with Gasteiger partial charge in [-0.3, -0.25) is 0 Å². The van der Waals surface area contributed by atoms with Crippen molar-refractivity contribution in [2.24, 2.45) is 5.92 Å². The molecule has 1 rings (SSSR count). The Morgan fingerprint density at radius 3 is 2.69 bits per heavy atom. The minimum atomic E-state index is -0.719. The van der Waals surface area contributed by atoms with E-state index in [-0.39, 0.29) is 5.92 Å². The van der Waals surface area contributed by atoms with Gasteiger partial charge in [0.25, 0.3) is 0 Å². The third kappa shape index (κ3) is 2.10. The number of thiophene rings is 1. The summed E-state index contributed by atoms with van der Waals surface area (Å²) in [5.41, 5.74) is -0.719. The van der Waals surface area contributed by atoms with Crippen LogP contribution in [0, 0.1) is 5.92 Å². The fourth-order valence-electron chi connectivity index (χ4n) is 1.37. The van der Waals surface area contributed by atoms with E-state index in [1.165, 1.54) is 0 Å². The normalized spacial score (nSPS) is 16.1. The lowest BCUT2D eigenvalue weighted by molar-refractivity contribution is -0.00409. The van der Waals surface area contributed by atoms with Crippen molar-refractivity contribution in [1.82, 2.24) is 5.32 Å². The smallest absolute Gasteiger partial charge is 0.113 e. The van der Waals surface area contributed by atoms with Crippen LogP contribution in [0.1, 0.15) is 18.7 Å². The van der Waals surface area contributed by atoms with Crippen molar-refractivity contribution in [1.29, 1.82) is 0 Å². The van der Waals surface area contributed by atoms with Crippen molar-refractivity contribution in [2.45, 2.75) is 19.4 Å². The lowest BCUT2D eigenvalue weighted by atomic mass is 9.89. The predicted octanol–water partition coefficient (Wildman–Crippen LogP) is 1.81. The molecule has 0 aliphatic carbocycles. The molecule has 0 amide bonds. The molecule has 1 atom stereocenters. The van der Waals surface area contributed by atoms with Crippen LogP contribution in [0.15, 0.2) is 17.5 Å². The first-order valence-corrected chi connectivity index (χ1v) is 5.40. The molecule has 2 nitrogen and oxygen atoms in total. The van der Waals surface area contributed by atoms with E-state index >= 15 is 0 Å². The Balaban J connectivity index is 2.91. The molecule has 0 aliphatic heterocycles. The van der Waals surface area contributed by atoms with Crippen LogP contribution in [0.4, 0.5) is 0 Å². The van der Waals surface area contributed by atoms with Gasteiger partial charge in [0.2, 0.25) is 0 Å². The van der Waals surface area contributed by atoms with Gasteiger partial charge in [-0.1, -0.05) is 19.9 Å². The van der Waals surface area contributed by atoms with E-state index in [1.807, 2.05) is 38.4 Å². The second-order valence-electron chi connectivity index (χ2n) is 3.59. The number of nitrogens with one attached hydrogen (secondary N) is 1. The summed E-state index contributed by atoms with van der Waals surface area (Å²) in [6.45, 7) is 4.68. The van der Waals surface area contributed by atoms with Crippen molar-refractivity contribution in [3.63, 3.8) is 0 Å². The summed E-state index contributed by atoms with van der Waals surface area (Å²) in [7, 11) is 1.86. The SMILES string of the molecule is CNCC(O)(c1cccs1)C(C)C. The van der Waals surface area contributed by atoms with Gasteiger partial charge in [0, 0.05) is 11.4 Å². The Kier molecular flexibility index (Phi) is 3.47. The molecule has 1 aromatic rings. The van der Waals surface area contributed by atoms with Gasteiger partial charge < -0.3 is 10.4 Å². The minimum Gasteiger partial charge on any atom is -0.383 e. The average Bonchev–Trinajstić information content (AvgIpc) is 2.56. The van der Waals surface area contributed by atoms with Crippen molar-refractivity contribution in [2.75, 3.05) is 13.6 Å². The van der Waals surface area contributed by atoms with Crippen LogP contribution in [0.5, 0.6) is 0 Å². The van der Waals surface area contributed by atoms with Crippen LogP contribution >= 0.6 is 11.3 Å². The quantitative estimate of drug-likeness (QED) is 0.775. The zero-order valence-electron chi connectivity index (χ0n) is 8.37. The topological polar surface area (TPSA) is 32.3 Å². The first-order valence-electron chi connectivity index (χ1n) is 4.52. The first kappa shape index (κ1) is 10.7. The van der Waals surface area contributed by atoms with Crippen molar-refractivity contribution >= 4 is 11.3 Å². The van der Waals surface area contributed by atoms with Crippen molar-refractivity contribution in [3.05, 3.63) is 22.4 Å². The molecule has 3 heteroatoms. The van der Waals surface area contributed by atoms with Gasteiger partial charge in [-0.05, 0) is 24.4 Å². The van der Waals surface area contributed by atoms with Gasteiger partial charge in [0.15, 0.2) is 0 Å². The lowest BCUT2D eigenvalue weighted by Gasteiger charge is -2.31. The summed E-state index contributed by atoms with van der Waals surface area (Å²) in [5, 5.41) is 15.4. The van der Waals surface area contributed by atoms with Gasteiger partial charge in [-0.25, -0.2) is 0 Å². The molecule has 0 bridgehead atoms. The average molecular weight is 199 g/mol. The van der Waals surface area contributed by atoms with Crippen LogP contribution in [0.2, 0.25) is 0 Å². The van der Waals surface area contributed by atoms with E-state index in [0.29, 0.717) is 6.54 Å². The van der Waals surface area contributed by atoms with Crippen molar-refractivity contribution in [3.8, 4) is 0 Å². The maximum absolute atomic E-state index is 10.4. The zero-order valence-corrected chi connectivity index (χ0v) is 9.19. The number of rotatable bonds is 4. The fraction of sp³-hybridized carbons (Fsp3) is 0.600. The first-order chi connectivity index (χ1) is 6.11. The molecule has 74 valence electrons. The summed E-state index contributed by atoms with van der Waals surface area (Å²) in [4.78, 5) is 1.04. The predicted molar refractivity (Wildman–Crippen MR) is 57.0 cm³/mol. The lowest BCUT2D eigenvalue weighted by Crippen LogP contribution is -2.40. The number of hydrogen-bond donors (Lipinski definition) is 2. The monoisotopic (exact) mass is 199 g/mol. The van der Waals surface area contributed by atoms with Crippen LogP contribution in [-0.2, 0) is 5.60 Å². The molecule has 0 fully saturated rings. The molecule has 2 N–H and O–H groups in total. The zero-order chi connectivity index (χ0) is 9.90. The van der Waals surface area contributed by atoms with E-state index in [9.17, 15) is 5.11 Å². The van der Waals surface area contributed by atoms with E-state index in [1.54, 1.807) is 11.3 Å². The molecule has 0 aromatic carbocycles. The molecule has 0 aliphatic rings. The molecule has 1 heterocycles. The maximum atomic E-state index is 10.4. The van der Waals surface area contributed by atoms with Crippen molar-refractivity contribution < 1.29 is 5.11 Å². The third-order valence-corrected chi connectivity index (χ3v) is 3.39. The summed E-state index contributed by atoms with van der Waals surface area (Å²) >= 11 is 1.61. The Morgan fingerprint density at radius 1 is 1.62 bits per heavy atom. The molecule has 13 heavy (non-hydrogen) atoms. The van der Waals surface area contributed by atoms with Gasteiger partial charge >= 0.3 is 0 Å². The van der Waals surface area contributed by atoms with Gasteiger partial charge in [0.1, 0.15) is 5.60 Å². The number of likely N-dealkylation sites (N-methyl/N-ethyl adjacent to an activating group) is 1. The van der Waals surface area contributed by atoms with E-state index < -0.39 is 5.60 Å². The van der Waals surface area contributed by atoms with E-state index in [2.05, 4.69) is 5.32 Å². The summed E-state index contributed by atoms with van der Waals surface area (Å²) < 4.78 is 0. The van der Waals surface area contributed by atoms with Gasteiger partial charge in [0.05, 0.1) is 0 Å². The minimum absolute atomic E-state index is 0.221. The summed E-state index contributed by atoms with van der Waals surface area (Å²) in [6, 6.07) is 3.96. The number of aliphatic hydroxyl groups is 1. The molecule has 1 aromatic heterocycles. The molecule has 0 saturated heterocycles. The van der Waals surface area contributed by atoms with Crippen LogP contribution in [0.3, 0.4) is 0 Å². The molecular weight excluding hydrogens is 182 g/mol. The fourth-order valence-corrected chi connectivity index (χ4v) is 2.34. The van der Waals surface area contributed by atoms with Crippen LogP contribution < -0.4 is 5.32 Å². The highest BCUT2D eigenvalue weighted by molar-refractivity contribution is 7.10. The van der Waals surface area contributed by atoms with E-state index in [0.717, 1.165) is 4.88 Å². The van der Waals surface area contributed by atoms with Gasteiger partial charge in [-0.2, -0.15) is 0 Å². The Bertz CT molecular complexity index is 245. The second kappa shape index (κ2) is 4.22. The van der Waals surface area contributed by atoms with Crippen LogP contribution in [-0.4, -0.2) is 18.7 Å². The highest BCUT2D eigenvalue weighted by Crippen LogP contribution is 2.31. The molecule has 0 saturated carbocycles. The Morgan fingerprint density at radius 2 is 2.31 bits per heavy atom. The van der Waals surface area contributed by atoms with Crippen LogP contribution in [0.25, 0.3) is 0 Å². The molecular formula is C10H17NOS. The largest absolute Gasteiger partial charge is 0.383 e. The second-order valence-corrected chi connectivity index (χ2v) is 4.53. The third-order valence-electron chi connectivity index (χ3n) is 2.35. The maximum Gasteiger partial charge on any atom is 0.113 e. The van der Waals surface area contributed by atoms with Gasteiger partial charge in [-0.15, -0.1) is 11.3 Å². The molecule has 0 radical (unpaired) electrons. The van der Waals surface area contributed by atoms with E-state index in [4.69, 9.17) is 0 Å². The Labute approximate surface area is 83.6 Å². The summed E-state index contributed by atoms with van der Waals surface area (Å²) in [5.74, 6) is 0.221. The molecule has 0 spiro atoms. The standard InChI is InChI=1S/C10H17NOS/c1-8(2)10(12,7-11-3)9-5-4-6-13-9/h4-6,8,11-12H,7H2,1-3H3. The number of hydrogen-bond acceptors (Lipinski definition) is 3. The summed E-state index contributed by atoms with van der Waals surface area (Å²) in [6.07, 6.45) is 0. The highest BCUT2D eigenvalue weighted by atomic mass is 32.1. The Hall–Kier alpha value is -0.380.